The molecule has 1 N–H and O–H groups in total. The van der Waals surface area contributed by atoms with E-state index >= 15 is 0 Å². The molecule has 0 aliphatic carbocycles. The van der Waals surface area contributed by atoms with Gasteiger partial charge in [0, 0.05) is 32.9 Å². The largest absolute Gasteiger partial charge is 0.496 e. The Labute approximate surface area is 227 Å². The summed E-state index contributed by atoms with van der Waals surface area (Å²) in [5, 5.41) is 4.34. The first-order chi connectivity index (χ1) is 18.6. The van der Waals surface area contributed by atoms with Gasteiger partial charge in [0.1, 0.15) is 11.3 Å². The van der Waals surface area contributed by atoms with Crippen LogP contribution in [0.15, 0.2) is 65.6 Å². The normalized spacial score (nSPS) is 13.5. The van der Waals surface area contributed by atoms with E-state index in [4.69, 9.17) is 14.2 Å². The molecule has 2 amide bonds. The third kappa shape index (κ3) is 7.99. The molecule has 1 heterocycles. The lowest BCUT2D eigenvalue weighted by Crippen LogP contribution is -2.40. The predicted molar refractivity (Wildman–Crippen MR) is 145 cm³/mol. The Balaban J connectivity index is 0.000000771. The van der Waals surface area contributed by atoms with Crippen molar-refractivity contribution in [3.63, 3.8) is 0 Å². The lowest BCUT2D eigenvalue weighted by Gasteiger charge is -2.26. The zero-order valence-corrected chi connectivity index (χ0v) is 22.8. The van der Waals surface area contributed by atoms with Gasteiger partial charge in [0.2, 0.25) is 16.4 Å². The van der Waals surface area contributed by atoms with Crippen molar-refractivity contribution in [2.75, 3.05) is 59.4 Å². The standard InChI is InChI=1S/C24H24N2O7S.C3H7NO/c1-31-22-15-18-5-3-2-4-17(18)14-21(22)24(28)33-16-23(27)25-19-6-8-20(9-7-19)34(29,30)26-10-12-32-13-11-26;1-4(2)3-5/h2-9,14-15H,10-13,16H2,1H3,(H,25,27);3H,1-2H3. The number of sulfonamides is 1. The highest BCUT2D eigenvalue weighted by Crippen LogP contribution is 2.26. The first-order valence-corrected chi connectivity index (χ1v) is 13.4. The number of ether oxygens (including phenoxy) is 3. The maximum absolute atomic E-state index is 12.7. The lowest BCUT2D eigenvalue weighted by atomic mass is 10.1. The van der Waals surface area contributed by atoms with E-state index in [0.717, 1.165) is 17.2 Å². The van der Waals surface area contributed by atoms with Gasteiger partial charge in [0.05, 0.1) is 25.2 Å². The van der Waals surface area contributed by atoms with Crippen molar-refractivity contribution < 1.29 is 37.0 Å². The zero-order valence-electron chi connectivity index (χ0n) is 22.0. The van der Waals surface area contributed by atoms with E-state index in [-0.39, 0.29) is 10.5 Å². The number of methoxy groups -OCH3 is 1. The number of carbonyl (C=O) groups is 3. The van der Waals surface area contributed by atoms with E-state index in [9.17, 15) is 22.8 Å². The van der Waals surface area contributed by atoms with Crippen molar-refractivity contribution in [3.8, 4) is 5.75 Å². The summed E-state index contributed by atoms with van der Waals surface area (Å²) >= 11 is 0. The Morgan fingerprint density at radius 1 is 1.03 bits per heavy atom. The summed E-state index contributed by atoms with van der Waals surface area (Å²) in [5.74, 6) is -0.900. The van der Waals surface area contributed by atoms with Crippen LogP contribution in [0.5, 0.6) is 5.75 Å². The molecule has 3 aromatic carbocycles. The second-order valence-corrected chi connectivity index (χ2v) is 10.6. The molecule has 12 heteroatoms. The van der Waals surface area contributed by atoms with Crippen LogP contribution in [0.3, 0.4) is 0 Å². The number of esters is 1. The van der Waals surface area contributed by atoms with E-state index in [0.29, 0.717) is 37.7 Å². The molecule has 0 saturated carbocycles. The third-order valence-electron chi connectivity index (χ3n) is 5.58. The molecule has 0 aromatic heterocycles. The minimum absolute atomic E-state index is 0.127. The summed E-state index contributed by atoms with van der Waals surface area (Å²) in [4.78, 5) is 35.9. The first kappa shape index (κ1) is 29.6. The number of rotatable bonds is 8. The van der Waals surface area contributed by atoms with Crippen LogP contribution >= 0.6 is 0 Å². The second-order valence-electron chi connectivity index (χ2n) is 8.63. The van der Waals surface area contributed by atoms with Crippen molar-refractivity contribution in [1.82, 2.24) is 9.21 Å². The zero-order chi connectivity index (χ0) is 28.4. The summed E-state index contributed by atoms with van der Waals surface area (Å²) in [6.45, 7) is 0.805. The number of benzene rings is 3. The number of fused-ring (bicyclic) bond motifs is 1. The highest BCUT2D eigenvalue weighted by atomic mass is 32.2. The van der Waals surface area contributed by atoms with Gasteiger partial charge in [-0.15, -0.1) is 0 Å². The van der Waals surface area contributed by atoms with Gasteiger partial charge in [0.25, 0.3) is 5.91 Å². The van der Waals surface area contributed by atoms with Gasteiger partial charge in [-0.1, -0.05) is 24.3 Å². The molecule has 0 atom stereocenters. The van der Waals surface area contributed by atoms with E-state index < -0.39 is 28.5 Å². The SMILES string of the molecule is CN(C)C=O.COc1cc2ccccc2cc1C(=O)OCC(=O)Nc1ccc(S(=O)(=O)N2CCOCC2)cc1. The molecule has 3 aromatic rings. The van der Waals surface area contributed by atoms with Gasteiger partial charge >= 0.3 is 5.97 Å². The van der Waals surface area contributed by atoms with Gasteiger partial charge in [0.15, 0.2) is 6.61 Å². The first-order valence-electron chi connectivity index (χ1n) is 12.0. The molecule has 0 unspecified atom stereocenters. The minimum Gasteiger partial charge on any atom is -0.496 e. The molecule has 0 radical (unpaired) electrons. The van der Waals surface area contributed by atoms with E-state index in [1.807, 2.05) is 24.3 Å². The van der Waals surface area contributed by atoms with Crippen LogP contribution in [0.4, 0.5) is 5.69 Å². The van der Waals surface area contributed by atoms with Crippen LogP contribution in [0.2, 0.25) is 0 Å². The molecule has 1 saturated heterocycles. The average Bonchev–Trinajstić information content (AvgIpc) is 2.96. The van der Waals surface area contributed by atoms with Crippen LogP contribution < -0.4 is 10.1 Å². The Hall–Kier alpha value is -4.00. The Kier molecular flexibility index (Phi) is 10.4. The molecule has 1 aliphatic rings. The van der Waals surface area contributed by atoms with Crippen molar-refractivity contribution in [1.29, 1.82) is 0 Å². The Bertz CT molecular complexity index is 1400. The van der Waals surface area contributed by atoms with Crippen LogP contribution in [0.25, 0.3) is 10.8 Å². The summed E-state index contributed by atoms with van der Waals surface area (Å²) in [5.41, 5.74) is 0.594. The molecule has 1 aliphatic heterocycles. The number of hydrogen-bond donors (Lipinski definition) is 1. The molecule has 208 valence electrons. The Morgan fingerprint density at radius 3 is 2.18 bits per heavy atom. The highest BCUT2D eigenvalue weighted by Gasteiger charge is 2.26. The lowest BCUT2D eigenvalue weighted by molar-refractivity contribution is -0.119. The third-order valence-corrected chi connectivity index (χ3v) is 7.49. The number of amides is 2. The topological polar surface area (TPSA) is 132 Å². The summed E-state index contributed by atoms with van der Waals surface area (Å²) in [7, 11) is 1.21. The maximum Gasteiger partial charge on any atom is 0.342 e. The maximum atomic E-state index is 12.7. The van der Waals surface area contributed by atoms with Crippen LogP contribution in [0.1, 0.15) is 10.4 Å². The average molecular weight is 558 g/mol. The molecule has 0 bridgehead atoms. The molecular weight excluding hydrogens is 526 g/mol. The van der Waals surface area contributed by atoms with Crippen molar-refractivity contribution in [2.24, 2.45) is 0 Å². The number of morpholine rings is 1. The summed E-state index contributed by atoms with van der Waals surface area (Å²) in [6.07, 6.45) is 0.750. The van der Waals surface area contributed by atoms with E-state index in [1.165, 1.54) is 40.6 Å². The molecule has 1 fully saturated rings. The number of hydrogen-bond acceptors (Lipinski definition) is 8. The quantitative estimate of drug-likeness (QED) is 0.330. The number of carbonyl (C=O) groups excluding carboxylic acids is 3. The molecule has 11 nitrogen and oxygen atoms in total. The fraction of sp³-hybridized carbons (Fsp3) is 0.296. The number of anilines is 1. The fourth-order valence-corrected chi connectivity index (χ4v) is 5.01. The summed E-state index contributed by atoms with van der Waals surface area (Å²) in [6, 6.07) is 16.7. The second kappa shape index (κ2) is 13.7. The van der Waals surface area contributed by atoms with Gasteiger partial charge in [-0.3, -0.25) is 9.59 Å². The van der Waals surface area contributed by atoms with Crippen molar-refractivity contribution in [3.05, 3.63) is 66.2 Å². The van der Waals surface area contributed by atoms with Crippen molar-refractivity contribution >= 4 is 44.8 Å². The molecule has 4 rings (SSSR count). The highest BCUT2D eigenvalue weighted by molar-refractivity contribution is 7.89. The minimum atomic E-state index is -3.62. The monoisotopic (exact) mass is 557 g/mol. The number of nitrogens with zero attached hydrogens (tertiary/aromatic N) is 2. The smallest absolute Gasteiger partial charge is 0.342 e. The fourth-order valence-electron chi connectivity index (χ4n) is 3.60. The van der Waals surface area contributed by atoms with Gasteiger partial charge in [-0.25, -0.2) is 13.2 Å². The van der Waals surface area contributed by atoms with Gasteiger partial charge < -0.3 is 24.4 Å². The van der Waals surface area contributed by atoms with Crippen LogP contribution in [-0.4, -0.2) is 90.0 Å². The van der Waals surface area contributed by atoms with Gasteiger partial charge in [-0.05, 0) is 47.2 Å². The summed E-state index contributed by atoms with van der Waals surface area (Å²) < 4.78 is 42.4. The van der Waals surface area contributed by atoms with Gasteiger partial charge in [-0.2, -0.15) is 4.31 Å². The number of nitrogens with one attached hydrogen (secondary N) is 1. The molecule has 39 heavy (non-hydrogen) atoms. The predicted octanol–water partition coefficient (Wildman–Crippen LogP) is 2.37. The van der Waals surface area contributed by atoms with Crippen LogP contribution in [-0.2, 0) is 29.1 Å². The molecular formula is C27H31N3O8S. The van der Waals surface area contributed by atoms with E-state index in [1.54, 1.807) is 26.2 Å². The van der Waals surface area contributed by atoms with Crippen molar-refractivity contribution in [2.45, 2.75) is 4.90 Å². The van der Waals surface area contributed by atoms with Crippen LogP contribution in [0, 0.1) is 0 Å². The molecule has 0 spiro atoms. The Morgan fingerprint density at radius 2 is 1.62 bits per heavy atom. The van der Waals surface area contributed by atoms with E-state index in [2.05, 4.69) is 5.32 Å².